The number of ether oxygens (including phenoxy) is 2. The third-order valence-corrected chi connectivity index (χ3v) is 4.40. The van der Waals surface area contributed by atoms with Crippen LogP contribution in [0.3, 0.4) is 0 Å². The van der Waals surface area contributed by atoms with Gasteiger partial charge in [0.1, 0.15) is 11.5 Å². The molecule has 0 bridgehead atoms. The zero-order valence-corrected chi connectivity index (χ0v) is 13.3. The van der Waals surface area contributed by atoms with E-state index in [2.05, 4.69) is 12.2 Å². The van der Waals surface area contributed by atoms with Crippen LogP contribution in [0.4, 0.5) is 0 Å². The van der Waals surface area contributed by atoms with E-state index >= 15 is 0 Å². The van der Waals surface area contributed by atoms with Crippen molar-refractivity contribution in [3.8, 4) is 11.5 Å². The molecule has 0 aromatic heterocycles. The predicted octanol–water partition coefficient (Wildman–Crippen LogP) is 2.73. The van der Waals surface area contributed by atoms with Crippen molar-refractivity contribution in [1.29, 1.82) is 0 Å². The van der Waals surface area contributed by atoms with E-state index in [1.807, 2.05) is 18.2 Å². The molecule has 0 heterocycles. The summed E-state index contributed by atoms with van der Waals surface area (Å²) in [6, 6.07) is 5.84. The van der Waals surface area contributed by atoms with Crippen molar-refractivity contribution >= 4 is 0 Å². The zero-order valence-electron chi connectivity index (χ0n) is 13.3. The summed E-state index contributed by atoms with van der Waals surface area (Å²) in [6.45, 7) is 3.60. The van der Waals surface area contributed by atoms with Crippen molar-refractivity contribution in [1.82, 2.24) is 5.32 Å². The van der Waals surface area contributed by atoms with Crippen molar-refractivity contribution in [3.63, 3.8) is 0 Å². The van der Waals surface area contributed by atoms with Gasteiger partial charge < -0.3 is 19.9 Å². The third kappa shape index (κ3) is 4.61. The van der Waals surface area contributed by atoms with E-state index in [1.54, 1.807) is 14.2 Å². The Labute approximate surface area is 127 Å². The van der Waals surface area contributed by atoms with Gasteiger partial charge in [-0.3, -0.25) is 0 Å². The maximum absolute atomic E-state index is 10.6. The fraction of sp³-hybridized carbons (Fsp3) is 0.647. The quantitative estimate of drug-likeness (QED) is 0.847. The van der Waals surface area contributed by atoms with Crippen LogP contribution in [-0.4, -0.2) is 31.5 Å². The van der Waals surface area contributed by atoms with Gasteiger partial charge in [0.05, 0.1) is 19.8 Å². The normalized spacial score (nSPS) is 25.6. The van der Waals surface area contributed by atoms with Gasteiger partial charge in [-0.1, -0.05) is 6.92 Å². The average Bonchev–Trinajstić information content (AvgIpc) is 2.50. The van der Waals surface area contributed by atoms with Crippen LogP contribution in [0.1, 0.15) is 38.2 Å². The summed E-state index contributed by atoms with van der Waals surface area (Å²) in [5.74, 6) is 2.32. The van der Waals surface area contributed by atoms with E-state index in [4.69, 9.17) is 9.47 Å². The lowest BCUT2D eigenvalue weighted by molar-refractivity contribution is -0.00630. The molecule has 1 saturated carbocycles. The van der Waals surface area contributed by atoms with Gasteiger partial charge in [-0.05, 0) is 49.3 Å². The minimum Gasteiger partial charge on any atom is -0.497 e. The van der Waals surface area contributed by atoms with Gasteiger partial charge in [-0.2, -0.15) is 0 Å². The maximum Gasteiger partial charge on any atom is 0.122 e. The molecule has 1 fully saturated rings. The molecular weight excluding hydrogens is 266 g/mol. The van der Waals surface area contributed by atoms with Gasteiger partial charge in [0, 0.05) is 19.2 Å². The summed E-state index contributed by atoms with van der Waals surface area (Å²) < 4.78 is 10.5. The monoisotopic (exact) mass is 293 g/mol. The molecule has 1 aliphatic carbocycles. The highest BCUT2D eigenvalue weighted by Gasteiger charge is 2.31. The van der Waals surface area contributed by atoms with E-state index in [-0.39, 0.29) is 0 Å². The van der Waals surface area contributed by atoms with Crippen LogP contribution in [0, 0.1) is 5.92 Å². The number of hydrogen-bond acceptors (Lipinski definition) is 4. The lowest BCUT2D eigenvalue weighted by Crippen LogP contribution is -2.43. The fourth-order valence-corrected chi connectivity index (χ4v) is 2.88. The molecule has 0 aliphatic heterocycles. The van der Waals surface area contributed by atoms with Crippen LogP contribution in [0.25, 0.3) is 0 Å². The molecule has 0 unspecified atom stereocenters. The van der Waals surface area contributed by atoms with E-state index < -0.39 is 5.60 Å². The molecule has 4 nitrogen and oxygen atoms in total. The smallest absolute Gasteiger partial charge is 0.122 e. The number of methoxy groups -OCH3 is 2. The molecular formula is C17H27NO3. The first-order valence-electron chi connectivity index (χ1n) is 7.70. The van der Waals surface area contributed by atoms with Crippen LogP contribution in [0.15, 0.2) is 18.2 Å². The SMILES string of the molecule is COc1cc(CNCC2(O)CCC(C)CC2)cc(OC)c1. The van der Waals surface area contributed by atoms with E-state index in [1.165, 1.54) is 0 Å². The highest BCUT2D eigenvalue weighted by molar-refractivity contribution is 5.38. The molecule has 1 aromatic rings. The summed E-state index contributed by atoms with van der Waals surface area (Å²) >= 11 is 0. The Morgan fingerprint density at radius 1 is 1.14 bits per heavy atom. The fourth-order valence-electron chi connectivity index (χ4n) is 2.88. The number of aliphatic hydroxyl groups is 1. The predicted molar refractivity (Wildman–Crippen MR) is 83.8 cm³/mol. The molecule has 1 aliphatic rings. The molecule has 2 N–H and O–H groups in total. The lowest BCUT2D eigenvalue weighted by atomic mass is 9.79. The second-order valence-electron chi connectivity index (χ2n) is 6.23. The highest BCUT2D eigenvalue weighted by Crippen LogP contribution is 2.31. The van der Waals surface area contributed by atoms with Crippen LogP contribution in [0.2, 0.25) is 0 Å². The van der Waals surface area contributed by atoms with Crippen LogP contribution in [-0.2, 0) is 6.54 Å². The average molecular weight is 293 g/mol. The molecule has 21 heavy (non-hydrogen) atoms. The minimum atomic E-state index is -0.546. The molecule has 0 amide bonds. The lowest BCUT2D eigenvalue weighted by Gasteiger charge is -2.35. The van der Waals surface area contributed by atoms with Gasteiger partial charge in [-0.25, -0.2) is 0 Å². The maximum atomic E-state index is 10.6. The topological polar surface area (TPSA) is 50.7 Å². The summed E-state index contributed by atoms with van der Waals surface area (Å²) in [6.07, 6.45) is 4.02. The summed E-state index contributed by atoms with van der Waals surface area (Å²) in [5.41, 5.74) is 0.550. The van der Waals surface area contributed by atoms with Crippen LogP contribution in [0.5, 0.6) is 11.5 Å². The van der Waals surface area contributed by atoms with Gasteiger partial charge in [-0.15, -0.1) is 0 Å². The minimum absolute atomic E-state index is 0.546. The summed E-state index contributed by atoms with van der Waals surface area (Å²) in [5, 5.41) is 13.9. The first-order valence-corrected chi connectivity index (χ1v) is 7.70. The Kier molecular flexibility index (Phi) is 5.48. The van der Waals surface area contributed by atoms with Crippen molar-refractivity contribution in [3.05, 3.63) is 23.8 Å². The molecule has 118 valence electrons. The highest BCUT2D eigenvalue weighted by atomic mass is 16.5. The second kappa shape index (κ2) is 7.14. The summed E-state index contributed by atoms with van der Waals surface area (Å²) in [7, 11) is 3.30. The van der Waals surface area contributed by atoms with E-state index in [0.29, 0.717) is 13.1 Å². The second-order valence-corrected chi connectivity index (χ2v) is 6.23. The molecule has 4 heteroatoms. The zero-order chi connectivity index (χ0) is 15.3. The Balaban J connectivity index is 1.88. The summed E-state index contributed by atoms with van der Waals surface area (Å²) in [4.78, 5) is 0. The Hall–Kier alpha value is -1.26. The molecule has 0 atom stereocenters. The standard InChI is InChI=1S/C17H27NO3/c1-13-4-6-17(19,7-5-13)12-18-11-14-8-15(20-2)10-16(9-14)21-3/h8-10,13,18-19H,4-7,11-12H2,1-3H3. The van der Waals surface area contributed by atoms with Crippen molar-refractivity contribution in [2.75, 3.05) is 20.8 Å². The van der Waals surface area contributed by atoms with Gasteiger partial charge in [0.25, 0.3) is 0 Å². The molecule has 0 radical (unpaired) electrons. The molecule has 0 saturated heterocycles. The number of rotatable bonds is 6. The Bertz CT molecular complexity index is 431. The molecule has 1 aromatic carbocycles. The van der Waals surface area contributed by atoms with Gasteiger partial charge >= 0.3 is 0 Å². The van der Waals surface area contributed by atoms with Crippen molar-refractivity contribution in [2.24, 2.45) is 5.92 Å². The largest absolute Gasteiger partial charge is 0.497 e. The van der Waals surface area contributed by atoms with Crippen LogP contribution < -0.4 is 14.8 Å². The van der Waals surface area contributed by atoms with Crippen molar-refractivity contribution < 1.29 is 14.6 Å². The van der Waals surface area contributed by atoms with E-state index in [9.17, 15) is 5.11 Å². The first-order chi connectivity index (χ1) is 10.0. The number of nitrogens with one attached hydrogen (secondary N) is 1. The third-order valence-electron chi connectivity index (χ3n) is 4.40. The van der Waals surface area contributed by atoms with Gasteiger partial charge in [0.2, 0.25) is 0 Å². The molecule has 0 spiro atoms. The van der Waals surface area contributed by atoms with Crippen LogP contribution >= 0.6 is 0 Å². The van der Waals surface area contributed by atoms with Gasteiger partial charge in [0.15, 0.2) is 0 Å². The molecule has 2 rings (SSSR count). The number of hydrogen-bond donors (Lipinski definition) is 2. The van der Waals surface area contributed by atoms with E-state index in [0.717, 1.165) is 48.7 Å². The Morgan fingerprint density at radius 2 is 1.71 bits per heavy atom. The Morgan fingerprint density at radius 3 is 2.24 bits per heavy atom. The van der Waals surface area contributed by atoms with Crippen molar-refractivity contribution in [2.45, 2.75) is 44.8 Å². The first kappa shape index (κ1) is 16.1. The number of benzene rings is 1.